The van der Waals surface area contributed by atoms with E-state index in [4.69, 9.17) is 0 Å². The molecule has 1 aliphatic rings. The van der Waals surface area contributed by atoms with Crippen LogP contribution in [0.5, 0.6) is 0 Å². The van der Waals surface area contributed by atoms with Crippen molar-refractivity contribution in [2.45, 2.75) is 26.7 Å². The van der Waals surface area contributed by atoms with E-state index in [1.54, 1.807) is 4.68 Å². The number of likely N-dealkylation sites (tertiary alicyclic amines) is 1. The molecule has 1 saturated heterocycles. The van der Waals surface area contributed by atoms with E-state index in [1.807, 2.05) is 20.0 Å². The summed E-state index contributed by atoms with van der Waals surface area (Å²) in [5.41, 5.74) is 1.50. The normalized spacial score (nSPS) is 20.5. The Balaban J connectivity index is 1.74. The van der Waals surface area contributed by atoms with Gasteiger partial charge < -0.3 is 10.2 Å². The Kier molecular flexibility index (Phi) is 4.58. The van der Waals surface area contributed by atoms with Crippen molar-refractivity contribution >= 4 is 5.91 Å². The third kappa shape index (κ3) is 3.80. The van der Waals surface area contributed by atoms with E-state index >= 15 is 0 Å². The second kappa shape index (κ2) is 6.19. The number of aryl methyl sites for hydroxylation is 2. The number of nitrogens with zero attached hydrogens (tertiary/aromatic N) is 3. The Labute approximate surface area is 115 Å². The van der Waals surface area contributed by atoms with Gasteiger partial charge in [0.15, 0.2) is 0 Å². The molecule has 1 aromatic heterocycles. The topological polar surface area (TPSA) is 50.2 Å². The highest BCUT2D eigenvalue weighted by Crippen LogP contribution is 2.14. The van der Waals surface area contributed by atoms with E-state index in [0.29, 0.717) is 12.2 Å². The lowest BCUT2D eigenvalue weighted by Crippen LogP contribution is -2.40. The van der Waals surface area contributed by atoms with Crippen molar-refractivity contribution in [2.75, 3.05) is 26.2 Å². The lowest BCUT2D eigenvalue weighted by atomic mass is 10.0. The first kappa shape index (κ1) is 14.1. The summed E-state index contributed by atoms with van der Waals surface area (Å²) >= 11 is 0. The zero-order valence-corrected chi connectivity index (χ0v) is 12.1. The molecule has 106 valence electrons. The van der Waals surface area contributed by atoms with Gasteiger partial charge in [-0.05, 0) is 38.3 Å². The van der Waals surface area contributed by atoms with Crippen molar-refractivity contribution in [3.63, 3.8) is 0 Å². The lowest BCUT2D eigenvalue weighted by molar-refractivity contribution is 0.0938. The van der Waals surface area contributed by atoms with Crippen LogP contribution in [-0.4, -0.2) is 46.8 Å². The van der Waals surface area contributed by atoms with Gasteiger partial charge >= 0.3 is 0 Å². The second-order valence-corrected chi connectivity index (χ2v) is 5.60. The summed E-state index contributed by atoms with van der Waals surface area (Å²) in [6, 6.07) is 1.82. The maximum Gasteiger partial charge on any atom is 0.271 e. The third-order valence-corrected chi connectivity index (χ3v) is 3.80. The number of piperidine rings is 1. The molecule has 2 heterocycles. The predicted octanol–water partition coefficient (Wildman–Crippen LogP) is 1.19. The number of nitrogens with one attached hydrogen (secondary N) is 1. The monoisotopic (exact) mass is 264 g/mol. The van der Waals surface area contributed by atoms with Gasteiger partial charge in [-0.15, -0.1) is 0 Å². The Morgan fingerprint density at radius 1 is 1.58 bits per heavy atom. The fourth-order valence-electron chi connectivity index (χ4n) is 2.58. The lowest BCUT2D eigenvalue weighted by Gasteiger charge is -2.30. The number of hydrogen-bond donors (Lipinski definition) is 1. The summed E-state index contributed by atoms with van der Waals surface area (Å²) in [6.45, 7) is 8.17. The Hall–Kier alpha value is -1.36. The van der Waals surface area contributed by atoms with Crippen LogP contribution in [0.4, 0.5) is 0 Å². The molecular weight excluding hydrogens is 240 g/mol. The molecule has 0 saturated carbocycles. The zero-order valence-electron chi connectivity index (χ0n) is 12.1. The first-order valence-electron chi connectivity index (χ1n) is 7.07. The molecule has 0 aromatic carbocycles. The molecule has 1 atom stereocenters. The van der Waals surface area contributed by atoms with Gasteiger partial charge in [0.05, 0.1) is 0 Å². The van der Waals surface area contributed by atoms with Crippen molar-refractivity contribution in [1.29, 1.82) is 0 Å². The summed E-state index contributed by atoms with van der Waals surface area (Å²) < 4.78 is 1.72. The highest BCUT2D eigenvalue weighted by Gasteiger charge is 2.16. The molecule has 1 amide bonds. The van der Waals surface area contributed by atoms with Crippen LogP contribution in [0.3, 0.4) is 0 Å². The number of amides is 1. The maximum atomic E-state index is 11.9. The van der Waals surface area contributed by atoms with Crippen LogP contribution in [-0.2, 0) is 7.05 Å². The van der Waals surface area contributed by atoms with Crippen molar-refractivity contribution in [3.05, 3.63) is 17.5 Å². The molecule has 19 heavy (non-hydrogen) atoms. The van der Waals surface area contributed by atoms with Crippen LogP contribution >= 0.6 is 0 Å². The predicted molar refractivity (Wildman–Crippen MR) is 75.1 cm³/mol. The van der Waals surface area contributed by atoms with Crippen LogP contribution in [0.1, 0.15) is 35.9 Å². The number of carbonyl (C=O) groups is 1. The standard InChI is InChI=1S/C14H24N4O/c1-11-5-4-7-18(10-11)8-6-15-14(19)13-9-12(2)17(3)16-13/h9,11H,4-8,10H2,1-3H3,(H,15,19). The van der Waals surface area contributed by atoms with Crippen molar-refractivity contribution in [3.8, 4) is 0 Å². The highest BCUT2D eigenvalue weighted by atomic mass is 16.1. The molecular formula is C14H24N4O. The summed E-state index contributed by atoms with van der Waals surface area (Å²) in [4.78, 5) is 14.3. The summed E-state index contributed by atoms with van der Waals surface area (Å²) in [5, 5.41) is 7.12. The van der Waals surface area contributed by atoms with Crippen molar-refractivity contribution < 1.29 is 4.79 Å². The fourth-order valence-corrected chi connectivity index (χ4v) is 2.58. The second-order valence-electron chi connectivity index (χ2n) is 5.60. The number of rotatable bonds is 4. The van der Waals surface area contributed by atoms with Gasteiger partial charge in [0.1, 0.15) is 5.69 Å². The molecule has 0 spiro atoms. The molecule has 1 unspecified atom stereocenters. The van der Waals surface area contributed by atoms with E-state index in [-0.39, 0.29) is 5.91 Å². The van der Waals surface area contributed by atoms with Crippen LogP contribution in [0, 0.1) is 12.8 Å². The Morgan fingerprint density at radius 2 is 2.37 bits per heavy atom. The summed E-state index contributed by atoms with van der Waals surface area (Å²) in [7, 11) is 1.85. The van der Waals surface area contributed by atoms with Gasteiger partial charge in [0, 0.05) is 32.4 Å². The van der Waals surface area contributed by atoms with Crippen LogP contribution in [0.2, 0.25) is 0 Å². The molecule has 1 aliphatic heterocycles. The molecule has 0 bridgehead atoms. The van der Waals surface area contributed by atoms with Crippen molar-refractivity contribution in [2.24, 2.45) is 13.0 Å². The van der Waals surface area contributed by atoms with Gasteiger partial charge in [0.2, 0.25) is 0 Å². The van der Waals surface area contributed by atoms with E-state index in [1.165, 1.54) is 12.8 Å². The molecule has 2 rings (SSSR count). The van der Waals surface area contributed by atoms with Crippen LogP contribution < -0.4 is 5.32 Å². The fraction of sp³-hybridized carbons (Fsp3) is 0.714. The average Bonchev–Trinajstić information content (AvgIpc) is 2.70. The van der Waals surface area contributed by atoms with Crippen LogP contribution in [0.15, 0.2) is 6.07 Å². The van der Waals surface area contributed by atoms with E-state index in [9.17, 15) is 4.79 Å². The third-order valence-electron chi connectivity index (χ3n) is 3.80. The van der Waals surface area contributed by atoms with Gasteiger partial charge in [-0.1, -0.05) is 6.92 Å². The average molecular weight is 264 g/mol. The molecule has 5 heteroatoms. The summed E-state index contributed by atoms with van der Waals surface area (Å²) in [5.74, 6) is 0.705. The molecule has 1 aromatic rings. The molecule has 5 nitrogen and oxygen atoms in total. The molecule has 1 fully saturated rings. The smallest absolute Gasteiger partial charge is 0.271 e. The van der Waals surface area contributed by atoms with Gasteiger partial charge in [-0.25, -0.2) is 0 Å². The molecule has 0 aliphatic carbocycles. The molecule has 0 radical (unpaired) electrons. The molecule has 1 N–H and O–H groups in total. The van der Waals surface area contributed by atoms with Gasteiger partial charge in [-0.2, -0.15) is 5.10 Å². The van der Waals surface area contributed by atoms with E-state index in [0.717, 1.165) is 31.2 Å². The minimum Gasteiger partial charge on any atom is -0.349 e. The zero-order chi connectivity index (χ0) is 13.8. The SMILES string of the molecule is Cc1cc(C(=O)NCCN2CCCC(C)C2)nn1C. The minimum atomic E-state index is -0.0752. The maximum absolute atomic E-state index is 11.9. The quantitative estimate of drug-likeness (QED) is 0.888. The Bertz CT molecular complexity index is 421. The number of aromatic nitrogens is 2. The van der Waals surface area contributed by atoms with Crippen LogP contribution in [0.25, 0.3) is 0 Å². The first-order chi connectivity index (χ1) is 9.06. The van der Waals surface area contributed by atoms with Gasteiger partial charge in [-0.3, -0.25) is 9.48 Å². The largest absolute Gasteiger partial charge is 0.349 e. The van der Waals surface area contributed by atoms with Crippen molar-refractivity contribution in [1.82, 2.24) is 20.0 Å². The summed E-state index contributed by atoms with van der Waals surface area (Å²) in [6.07, 6.45) is 2.60. The minimum absolute atomic E-state index is 0.0752. The first-order valence-corrected chi connectivity index (χ1v) is 7.07. The van der Waals surface area contributed by atoms with E-state index < -0.39 is 0 Å². The van der Waals surface area contributed by atoms with Gasteiger partial charge in [0.25, 0.3) is 5.91 Å². The number of hydrogen-bond acceptors (Lipinski definition) is 3. The Morgan fingerprint density at radius 3 is 3.00 bits per heavy atom. The number of carbonyl (C=O) groups excluding carboxylic acids is 1. The van der Waals surface area contributed by atoms with E-state index in [2.05, 4.69) is 22.2 Å². The highest BCUT2D eigenvalue weighted by molar-refractivity contribution is 5.92.